The third-order valence-electron chi connectivity index (χ3n) is 14.0. The van der Waals surface area contributed by atoms with Crippen LogP contribution >= 0.6 is 0 Å². The fourth-order valence-electron chi connectivity index (χ4n) is 11.3. The molecule has 7 N–H and O–H groups in total. The van der Waals surface area contributed by atoms with E-state index >= 15 is 0 Å². The number of aliphatic hydroxyl groups excluding tert-OH is 5. The molecule has 2 saturated heterocycles. The molecule has 17 atom stereocenters. The van der Waals surface area contributed by atoms with Gasteiger partial charge in [0.2, 0.25) is 0 Å². The highest BCUT2D eigenvalue weighted by molar-refractivity contribution is 5.85. The molecule has 0 aromatic rings. The van der Waals surface area contributed by atoms with Gasteiger partial charge in [0, 0.05) is 24.3 Å². The fraction of sp³-hybridized carbons (Fsp3) is 0.886. The third-order valence-corrected chi connectivity index (χ3v) is 14.0. The van der Waals surface area contributed by atoms with Crippen LogP contribution in [-0.4, -0.2) is 134 Å². The number of hydrogen-bond donors (Lipinski definition) is 7. The first-order chi connectivity index (χ1) is 23.2. The second-order valence-corrected chi connectivity index (χ2v) is 16.1. The molecule has 49 heavy (non-hydrogen) atoms. The first kappa shape index (κ1) is 35.8. The predicted octanol–water partition coefficient (Wildman–Crippen LogP) is -0.397. The van der Waals surface area contributed by atoms with Crippen molar-refractivity contribution in [1.82, 2.24) is 0 Å². The lowest BCUT2D eigenvalue weighted by atomic mass is 9.41. The van der Waals surface area contributed by atoms with Crippen molar-refractivity contribution in [2.24, 2.45) is 28.6 Å². The maximum absolute atomic E-state index is 13.2. The van der Waals surface area contributed by atoms with E-state index in [1.54, 1.807) is 13.0 Å². The van der Waals surface area contributed by atoms with Crippen molar-refractivity contribution >= 4 is 12.3 Å². The minimum Gasteiger partial charge on any atom is -0.458 e. The van der Waals surface area contributed by atoms with Gasteiger partial charge in [-0.25, -0.2) is 4.79 Å². The number of aliphatic hydroxyl groups is 7. The Kier molecular flexibility index (Phi) is 9.38. The Labute approximate surface area is 285 Å². The van der Waals surface area contributed by atoms with Gasteiger partial charge >= 0.3 is 5.97 Å². The predicted molar refractivity (Wildman–Crippen MR) is 166 cm³/mol. The standard InChI is InChI=1S/C35H52O14/c1-17-30(49-31-29(42)28(41)27(40)24(14-36)48-31)23(38)12-26(46-17)47-19-3-8-33(16-37)21-4-7-32(2)20(18-11-25(39)45-15-18)6-10-35(32,44)22(21)5-9-34(33,43)13-19/h11,16-17,19-24,26-31,36,38,40-44H,3-10,12-15H2,1-2H3/t17-,19+,20-,21+,22-,23+,24-,26+,27-,28+,29-,30-,31+,32-,33+,34+,35+/m1/s1. The van der Waals surface area contributed by atoms with E-state index in [1.807, 2.05) is 0 Å². The average molecular weight is 697 g/mol. The second-order valence-electron chi connectivity index (χ2n) is 16.1. The molecule has 14 heteroatoms. The minimum absolute atomic E-state index is 0.00470. The summed E-state index contributed by atoms with van der Waals surface area (Å²) in [5.41, 5.74) is -2.94. The lowest BCUT2D eigenvalue weighted by Crippen LogP contribution is -2.69. The average Bonchev–Trinajstić information content (AvgIpc) is 3.61. The van der Waals surface area contributed by atoms with Gasteiger partial charge < -0.3 is 64.2 Å². The van der Waals surface area contributed by atoms with E-state index in [0.717, 1.165) is 18.3 Å². The highest BCUT2D eigenvalue weighted by Crippen LogP contribution is 2.70. The number of rotatable bonds is 7. The summed E-state index contributed by atoms with van der Waals surface area (Å²) in [6, 6.07) is 0. The van der Waals surface area contributed by atoms with Crippen LogP contribution in [0.1, 0.15) is 78.1 Å². The van der Waals surface area contributed by atoms with Gasteiger partial charge in [-0.15, -0.1) is 0 Å². The molecule has 6 fully saturated rings. The normalized spacial score (nSPS) is 54.3. The maximum atomic E-state index is 13.2. The summed E-state index contributed by atoms with van der Waals surface area (Å²) in [7, 11) is 0. The van der Waals surface area contributed by atoms with Crippen LogP contribution in [0.3, 0.4) is 0 Å². The highest BCUT2D eigenvalue weighted by atomic mass is 16.7. The van der Waals surface area contributed by atoms with E-state index in [-0.39, 0.29) is 43.2 Å². The molecule has 3 aliphatic heterocycles. The lowest BCUT2D eigenvalue weighted by Gasteiger charge is -2.65. The lowest BCUT2D eigenvalue weighted by molar-refractivity contribution is -0.345. The van der Waals surface area contributed by atoms with Crippen molar-refractivity contribution in [2.75, 3.05) is 13.2 Å². The molecule has 3 heterocycles. The fourth-order valence-corrected chi connectivity index (χ4v) is 11.3. The van der Waals surface area contributed by atoms with E-state index in [1.165, 1.54) is 0 Å². The van der Waals surface area contributed by atoms with Crippen LogP contribution in [0.4, 0.5) is 0 Å². The maximum Gasteiger partial charge on any atom is 0.331 e. The van der Waals surface area contributed by atoms with Crippen molar-refractivity contribution in [3.63, 3.8) is 0 Å². The monoisotopic (exact) mass is 696 g/mol. The van der Waals surface area contributed by atoms with Crippen molar-refractivity contribution in [1.29, 1.82) is 0 Å². The zero-order valence-corrected chi connectivity index (χ0v) is 28.1. The van der Waals surface area contributed by atoms with Gasteiger partial charge in [0.1, 0.15) is 43.4 Å². The van der Waals surface area contributed by atoms with Gasteiger partial charge in [-0.1, -0.05) is 6.92 Å². The van der Waals surface area contributed by atoms with Crippen molar-refractivity contribution in [3.05, 3.63) is 11.6 Å². The molecule has 0 spiro atoms. The quantitative estimate of drug-likeness (QED) is 0.102. The Morgan fingerprint density at radius 3 is 2.37 bits per heavy atom. The van der Waals surface area contributed by atoms with Gasteiger partial charge in [0.15, 0.2) is 12.6 Å². The largest absolute Gasteiger partial charge is 0.458 e. The number of cyclic esters (lactones) is 1. The Morgan fingerprint density at radius 1 is 0.939 bits per heavy atom. The van der Waals surface area contributed by atoms with Crippen LogP contribution < -0.4 is 0 Å². The molecule has 0 aromatic carbocycles. The first-order valence-corrected chi connectivity index (χ1v) is 17.9. The number of carbonyl (C=O) groups excluding carboxylic acids is 2. The minimum atomic E-state index is -1.62. The van der Waals surface area contributed by atoms with Gasteiger partial charge in [-0.2, -0.15) is 0 Å². The summed E-state index contributed by atoms with van der Waals surface area (Å²) >= 11 is 0. The SMILES string of the molecule is C[C@H]1O[C@@H](O[C@H]2CC[C@]3(C=O)[C@H]4CC[C@]5(C)[C@@H](C6=CC(=O)OC6)CC[C@]5(O)[C@@H]4CC[C@]3(O)C2)C[C@H](O)[C@@H]1O[C@@H]1O[C@H](CO)[C@@H](O)[C@H](O)[C@H]1O. The van der Waals surface area contributed by atoms with Crippen molar-refractivity contribution < 1.29 is 69.0 Å². The van der Waals surface area contributed by atoms with E-state index in [4.69, 9.17) is 23.7 Å². The topological polar surface area (TPSA) is 222 Å². The van der Waals surface area contributed by atoms with E-state index in [0.29, 0.717) is 44.9 Å². The zero-order chi connectivity index (χ0) is 35.1. The molecule has 0 unspecified atom stereocenters. The third kappa shape index (κ3) is 5.47. The molecule has 14 nitrogen and oxygen atoms in total. The molecule has 7 rings (SSSR count). The van der Waals surface area contributed by atoms with E-state index in [9.17, 15) is 45.3 Å². The van der Waals surface area contributed by atoms with Crippen LogP contribution in [0, 0.1) is 28.6 Å². The van der Waals surface area contributed by atoms with Gasteiger partial charge in [0.05, 0.1) is 41.5 Å². The Hall–Kier alpha value is -1.56. The molecule has 276 valence electrons. The van der Waals surface area contributed by atoms with Crippen LogP contribution in [0.2, 0.25) is 0 Å². The summed E-state index contributed by atoms with van der Waals surface area (Å²) in [4.78, 5) is 25.0. The van der Waals surface area contributed by atoms with Crippen LogP contribution in [0.15, 0.2) is 11.6 Å². The number of fused-ring (bicyclic) bond motifs is 5. The van der Waals surface area contributed by atoms with Crippen molar-refractivity contribution in [3.8, 4) is 0 Å². The van der Waals surface area contributed by atoms with E-state index in [2.05, 4.69) is 6.92 Å². The number of esters is 1. The molecule has 4 saturated carbocycles. The van der Waals surface area contributed by atoms with Crippen molar-refractivity contribution in [2.45, 2.75) is 151 Å². The molecular formula is C35H52O14. The molecule has 0 amide bonds. The highest BCUT2D eigenvalue weighted by Gasteiger charge is 2.71. The summed E-state index contributed by atoms with van der Waals surface area (Å²) in [6.45, 7) is 3.42. The van der Waals surface area contributed by atoms with Gasteiger partial charge in [0.25, 0.3) is 0 Å². The Bertz CT molecular complexity index is 1300. The smallest absolute Gasteiger partial charge is 0.331 e. The summed E-state index contributed by atoms with van der Waals surface area (Å²) in [5.74, 6) is -0.688. The summed E-state index contributed by atoms with van der Waals surface area (Å²) < 4.78 is 28.9. The molecule has 7 aliphatic rings. The first-order valence-electron chi connectivity index (χ1n) is 17.9. The number of carbonyl (C=O) groups is 2. The zero-order valence-electron chi connectivity index (χ0n) is 28.1. The Balaban J connectivity index is 1.00. The molecular weight excluding hydrogens is 644 g/mol. The second kappa shape index (κ2) is 12.8. The number of hydrogen-bond acceptors (Lipinski definition) is 14. The molecule has 0 radical (unpaired) electrons. The van der Waals surface area contributed by atoms with Gasteiger partial charge in [-0.3, -0.25) is 0 Å². The Morgan fingerprint density at radius 2 is 1.69 bits per heavy atom. The number of aldehydes is 1. The van der Waals surface area contributed by atoms with Gasteiger partial charge in [-0.05, 0) is 81.6 Å². The number of ether oxygens (including phenoxy) is 5. The molecule has 0 aromatic heterocycles. The summed E-state index contributed by atoms with van der Waals surface area (Å²) in [5, 5.41) is 75.9. The molecule has 0 bridgehead atoms. The summed E-state index contributed by atoms with van der Waals surface area (Å²) in [6.07, 6.45) is -4.38. The van der Waals surface area contributed by atoms with Crippen LogP contribution in [0.5, 0.6) is 0 Å². The van der Waals surface area contributed by atoms with Crippen LogP contribution in [0.25, 0.3) is 0 Å². The van der Waals surface area contributed by atoms with Crippen LogP contribution in [-0.2, 0) is 33.3 Å². The van der Waals surface area contributed by atoms with E-state index < -0.39 is 90.1 Å². The molecule has 4 aliphatic carbocycles.